The van der Waals surface area contributed by atoms with E-state index in [4.69, 9.17) is 19.6 Å². The highest BCUT2D eigenvalue weighted by Gasteiger charge is 2.33. The summed E-state index contributed by atoms with van der Waals surface area (Å²) in [6, 6.07) is 13.8. The van der Waals surface area contributed by atoms with E-state index < -0.39 is 0 Å². The minimum absolute atomic E-state index is 0.0334. The molecular formula is C24H24N4O3S. The van der Waals surface area contributed by atoms with Crippen molar-refractivity contribution in [2.45, 2.75) is 39.2 Å². The van der Waals surface area contributed by atoms with E-state index in [0.29, 0.717) is 17.4 Å². The average molecular weight is 449 g/mol. The number of ether oxygens (including phenoxy) is 2. The van der Waals surface area contributed by atoms with Gasteiger partial charge in [-0.1, -0.05) is 23.5 Å². The van der Waals surface area contributed by atoms with E-state index in [1.807, 2.05) is 63.2 Å². The standard InChI is InChI=1S/C24H24N4O3S/c1-13(2)31-16-7-5-15(6-8-16)18-12-21(29)26-23-22(18)14(3)27-28(23)24-25-19-10-9-17(30-4)11-20(19)32-24/h5-11,13,18H,12H2,1-4H3,(H,26,29)/t18-/m0/s1. The zero-order valence-electron chi connectivity index (χ0n) is 18.4. The maximum Gasteiger partial charge on any atom is 0.226 e. The molecule has 0 unspecified atom stereocenters. The first-order chi connectivity index (χ1) is 15.4. The molecule has 32 heavy (non-hydrogen) atoms. The van der Waals surface area contributed by atoms with Crippen LogP contribution in [0.5, 0.6) is 11.5 Å². The summed E-state index contributed by atoms with van der Waals surface area (Å²) in [5.74, 6) is 2.19. The van der Waals surface area contributed by atoms with Gasteiger partial charge in [0.05, 0.1) is 29.1 Å². The van der Waals surface area contributed by atoms with E-state index in [9.17, 15) is 4.79 Å². The van der Waals surface area contributed by atoms with Crippen molar-refractivity contribution in [3.63, 3.8) is 0 Å². The fraction of sp³-hybridized carbons (Fsp3) is 0.292. The number of benzene rings is 2. The molecule has 0 saturated carbocycles. The van der Waals surface area contributed by atoms with Gasteiger partial charge in [-0.05, 0) is 56.7 Å². The highest BCUT2D eigenvalue weighted by molar-refractivity contribution is 7.20. The summed E-state index contributed by atoms with van der Waals surface area (Å²) in [6.07, 6.45) is 0.489. The summed E-state index contributed by atoms with van der Waals surface area (Å²) in [6.45, 7) is 5.98. The number of rotatable bonds is 5. The summed E-state index contributed by atoms with van der Waals surface area (Å²) in [5, 5.41) is 8.50. The molecule has 164 valence electrons. The van der Waals surface area contributed by atoms with Crippen LogP contribution in [0.25, 0.3) is 15.3 Å². The molecule has 1 aliphatic rings. The fourth-order valence-corrected chi connectivity index (χ4v) is 5.08. The Bertz CT molecular complexity index is 1310. The van der Waals surface area contributed by atoms with Gasteiger partial charge in [0.1, 0.15) is 17.3 Å². The second-order valence-electron chi connectivity index (χ2n) is 8.13. The first-order valence-corrected chi connectivity index (χ1v) is 11.4. The van der Waals surface area contributed by atoms with Gasteiger partial charge in [-0.3, -0.25) is 4.79 Å². The molecule has 3 heterocycles. The third-order valence-corrected chi connectivity index (χ3v) is 6.52. The normalized spacial score (nSPS) is 15.7. The van der Waals surface area contributed by atoms with Gasteiger partial charge in [-0.25, -0.2) is 4.98 Å². The summed E-state index contributed by atoms with van der Waals surface area (Å²) in [7, 11) is 1.65. The van der Waals surface area contributed by atoms with Crippen LogP contribution in [0.15, 0.2) is 42.5 Å². The number of thiazole rings is 1. The van der Waals surface area contributed by atoms with E-state index in [1.54, 1.807) is 11.8 Å². The molecule has 0 bridgehead atoms. The summed E-state index contributed by atoms with van der Waals surface area (Å²) in [5.41, 5.74) is 3.84. The van der Waals surface area contributed by atoms with Crippen molar-refractivity contribution < 1.29 is 14.3 Å². The predicted molar refractivity (Wildman–Crippen MR) is 125 cm³/mol. The van der Waals surface area contributed by atoms with Crippen molar-refractivity contribution in [1.82, 2.24) is 14.8 Å². The molecule has 2 aromatic carbocycles. The molecule has 0 fully saturated rings. The topological polar surface area (TPSA) is 78.3 Å². The van der Waals surface area contributed by atoms with Crippen LogP contribution < -0.4 is 14.8 Å². The van der Waals surface area contributed by atoms with Crippen LogP contribution in [0.2, 0.25) is 0 Å². The van der Waals surface area contributed by atoms with Crippen molar-refractivity contribution in [2.24, 2.45) is 0 Å². The van der Waals surface area contributed by atoms with Crippen LogP contribution in [0.3, 0.4) is 0 Å². The van der Waals surface area contributed by atoms with Gasteiger partial charge in [-0.2, -0.15) is 9.78 Å². The van der Waals surface area contributed by atoms with Crippen LogP contribution in [0, 0.1) is 6.92 Å². The second-order valence-corrected chi connectivity index (χ2v) is 9.14. The minimum Gasteiger partial charge on any atom is -0.497 e. The van der Waals surface area contributed by atoms with E-state index in [-0.39, 0.29) is 17.9 Å². The van der Waals surface area contributed by atoms with Gasteiger partial charge in [0.25, 0.3) is 0 Å². The molecule has 0 radical (unpaired) electrons. The number of aromatic nitrogens is 3. The van der Waals surface area contributed by atoms with Crippen LogP contribution in [0.1, 0.15) is 43.0 Å². The number of fused-ring (bicyclic) bond motifs is 2. The first-order valence-electron chi connectivity index (χ1n) is 10.5. The zero-order chi connectivity index (χ0) is 22.4. The minimum atomic E-state index is -0.0740. The Hall–Kier alpha value is -3.39. The van der Waals surface area contributed by atoms with Crippen molar-refractivity contribution >= 4 is 33.3 Å². The molecule has 5 rings (SSSR count). The number of aryl methyl sites for hydroxylation is 1. The molecule has 7 nitrogen and oxygen atoms in total. The molecule has 1 aliphatic heterocycles. The molecule has 0 saturated heterocycles. The number of hydrogen-bond donors (Lipinski definition) is 1. The number of nitrogens with one attached hydrogen (secondary N) is 1. The summed E-state index contributed by atoms with van der Waals surface area (Å²) in [4.78, 5) is 17.4. The third-order valence-electron chi connectivity index (χ3n) is 5.52. The van der Waals surface area contributed by atoms with Gasteiger partial charge in [0.15, 0.2) is 0 Å². The Balaban J connectivity index is 1.56. The van der Waals surface area contributed by atoms with Gasteiger partial charge >= 0.3 is 0 Å². The predicted octanol–water partition coefficient (Wildman–Crippen LogP) is 5.06. The van der Waals surface area contributed by atoms with Crippen LogP contribution >= 0.6 is 11.3 Å². The zero-order valence-corrected chi connectivity index (χ0v) is 19.2. The van der Waals surface area contributed by atoms with Gasteiger partial charge < -0.3 is 14.8 Å². The Labute approximate surface area is 190 Å². The molecule has 8 heteroatoms. The molecule has 4 aromatic rings. The Morgan fingerprint density at radius 2 is 1.91 bits per heavy atom. The van der Waals surface area contributed by atoms with E-state index in [2.05, 4.69) is 5.32 Å². The number of amides is 1. The number of methoxy groups -OCH3 is 1. The molecule has 0 aliphatic carbocycles. The molecule has 1 amide bonds. The highest BCUT2D eigenvalue weighted by Crippen LogP contribution is 2.41. The molecule has 2 aromatic heterocycles. The summed E-state index contributed by atoms with van der Waals surface area (Å²) < 4.78 is 13.8. The number of carbonyl (C=O) groups is 1. The summed E-state index contributed by atoms with van der Waals surface area (Å²) >= 11 is 1.51. The lowest BCUT2D eigenvalue weighted by Gasteiger charge is -2.24. The highest BCUT2D eigenvalue weighted by atomic mass is 32.1. The number of hydrogen-bond acceptors (Lipinski definition) is 6. The average Bonchev–Trinajstić information content (AvgIpc) is 3.33. The largest absolute Gasteiger partial charge is 0.497 e. The number of nitrogens with zero attached hydrogens (tertiary/aromatic N) is 3. The Kier molecular flexibility index (Phi) is 5.09. The molecular weight excluding hydrogens is 424 g/mol. The smallest absolute Gasteiger partial charge is 0.226 e. The Morgan fingerprint density at radius 1 is 1.16 bits per heavy atom. The van der Waals surface area contributed by atoms with Crippen molar-refractivity contribution in [3.8, 4) is 16.6 Å². The number of anilines is 1. The first kappa shape index (κ1) is 20.5. The third kappa shape index (κ3) is 3.60. The molecule has 0 spiro atoms. The Morgan fingerprint density at radius 3 is 2.62 bits per heavy atom. The maximum absolute atomic E-state index is 12.7. The van der Waals surface area contributed by atoms with Crippen molar-refractivity contribution in [3.05, 3.63) is 59.3 Å². The number of carbonyl (C=O) groups excluding carboxylic acids is 1. The van der Waals surface area contributed by atoms with E-state index in [0.717, 1.165) is 38.5 Å². The van der Waals surface area contributed by atoms with Crippen LogP contribution in [0.4, 0.5) is 5.82 Å². The quantitative estimate of drug-likeness (QED) is 0.462. The van der Waals surface area contributed by atoms with Crippen LogP contribution in [-0.4, -0.2) is 33.9 Å². The SMILES string of the molecule is COc1ccc2nc(-n3nc(C)c4c3NC(=O)C[C@H]4c3ccc(OC(C)C)cc3)sc2c1. The molecule has 1 atom stereocenters. The van der Waals surface area contributed by atoms with E-state index >= 15 is 0 Å². The van der Waals surface area contributed by atoms with Crippen molar-refractivity contribution in [1.29, 1.82) is 0 Å². The fourth-order valence-electron chi connectivity index (χ4n) is 4.13. The van der Waals surface area contributed by atoms with Crippen LogP contribution in [-0.2, 0) is 4.79 Å². The second kappa shape index (κ2) is 7.94. The lowest BCUT2D eigenvalue weighted by atomic mass is 9.86. The maximum atomic E-state index is 12.7. The monoisotopic (exact) mass is 448 g/mol. The lowest BCUT2D eigenvalue weighted by Crippen LogP contribution is -2.24. The molecule has 1 N–H and O–H groups in total. The van der Waals surface area contributed by atoms with Gasteiger partial charge in [0.2, 0.25) is 11.0 Å². The van der Waals surface area contributed by atoms with E-state index in [1.165, 1.54) is 11.3 Å². The van der Waals surface area contributed by atoms with Gasteiger partial charge in [-0.15, -0.1) is 0 Å². The van der Waals surface area contributed by atoms with Gasteiger partial charge in [0, 0.05) is 17.9 Å². The lowest BCUT2D eigenvalue weighted by molar-refractivity contribution is -0.116. The van der Waals surface area contributed by atoms with Crippen molar-refractivity contribution in [2.75, 3.05) is 12.4 Å².